The molecule has 5 heteroatoms. The van der Waals surface area contributed by atoms with E-state index in [4.69, 9.17) is 0 Å². The van der Waals surface area contributed by atoms with Crippen molar-refractivity contribution < 1.29 is 0 Å². The van der Waals surface area contributed by atoms with Gasteiger partial charge >= 0.3 is 0 Å². The third kappa shape index (κ3) is 1.43. The second-order valence-corrected chi connectivity index (χ2v) is 4.16. The summed E-state index contributed by atoms with van der Waals surface area (Å²) in [4.78, 5) is 4.64. The number of rotatable bonds is 1. The lowest BCUT2D eigenvalue weighted by Crippen LogP contribution is -2.01. The summed E-state index contributed by atoms with van der Waals surface area (Å²) in [6.07, 6.45) is 5.58. The van der Waals surface area contributed by atoms with Gasteiger partial charge in [-0.15, -0.1) is 0 Å². The van der Waals surface area contributed by atoms with Crippen molar-refractivity contribution in [1.29, 1.82) is 0 Å². The Morgan fingerprint density at radius 2 is 2.00 bits per heavy atom. The van der Waals surface area contributed by atoms with Gasteiger partial charge in [-0.25, -0.2) is 9.50 Å². The van der Waals surface area contributed by atoms with Gasteiger partial charge in [0, 0.05) is 18.8 Å². The Kier molecular flexibility index (Phi) is 2.01. The van der Waals surface area contributed by atoms with Crippen LogP contribution in [-0.4, -0.2) is 24.4 Å². The van der Waals surface area contributed by atoms with E-state index >= 15 is 0 Å². The molecular formula is C12H13N5. The molecule has 3 heterocycles. The van der Waals surface area contributed by atoms with Crippen molar-refractivity contribution in [3.05, 3.63) is 36.0 Å². The molecule has 0 aromatic carbocycles. The van der Waals surface area contributed by atoms with Crippen LogP contribution >= 0.6 is 0 Å². The maximum atomic E-state index is 4.64. The van der Waals surface area contributed by atoms with E-state index in [1.807, 2.05) is 43.9 Å². The minimum absolute atomic E-state index is 0.937. The highest BCUT2D eigenvalue weighted by atomic mass is 15.2. The van der Waals surface area contributed by atoms with Crippen LogP contribution in [0.15, 0.2) is 24.7 Å². The summed E-state index contributed by atoms with van der Waals surface area (Å²) in [5.74, 6) is 0. The summed E-state index contributed by atoms with van der Waals surface area (Å²) in [5.41, 5.74) is 5.02. The van der Waals surface area contributed by atoms with E-state index in [1.54, 1.807) is 10.9 Å². The molecule has 0 aliphatic rings. The van der Waals surface area contributed by atoms with Crippen molar-refractivity contribution in [1.82, 2.24) is 24.4 Å². The van der Waals surface area contributed by atoms with Gasteiger partial charge in [-0.3, -0.25) is 4.68 Å². The summed E-state index contributed by atoms with van der Waals surface area (Å²) in [6.45, 7) is 4.02. The molecule has 17 heavy (non-hydrogen) atoms. The molecule has 0 saturated heterocycles. The van der Waals surface area contributed by atoms with E-state index in [0.29, 0.717) is 0 Å². The van der Waals surface area contributed by atoms with Gasteiger partial charge < -0.3 is 0 Å². The third-order valence-electron chi connectivity index (χ3n) is 2.93. The predicted octanol–water partition coefficient (Wildman–Crippen LogP) is 1.75. The zero-order valence-electron chi connectivity index (χ0n) is 10.0. The molecule has 0 saturated carbocycles. The van der Waals surface area contributed by atoms with Crippen LogP contribution in [0.2, 0.25) is 0 Å². The Morgan fingerprint density at radius 1 is 1.18 bits per heavy atom. The highest BCUT2D eigenvalue weighted by Gasteiger charge is 2.11. The minimum atomic E-state index is 0.937. The van der Waals surface area contributed by atoms with Gasteiger partial charge in [0.05, 0.1) is 35.0 Å². The second kappa shape index (κ2) is 3.41. The van der Waals surface area contributed by atoms with Crippen molar-refractivity contribution in [3.8, 4) is 11.3 Å². The molecule has 3 rings (SSSR count). The van der Waals surface area contributed by atoms with Crippen LogP contribution in [0.3, 0.4) is 0 Å². The van der Waals surface area contributed by atoms with Crippen molar-refractivity contribution in [3.63, 3.8) is 0 Å². The van der Waals surface area contributed by atoms with E-state index < -0.39 is 0 Å². The third-order valence-corrected chi connectivity index (χ3v) is 2.93. The van der Waals surface area contributed by atoms with Gasteiger partial charge in [0.25, 0.3) is 0 Å². The van der Waals surface area contributed by atoms with Crippen LogP contribution in [0.4, 0.5) is 0 Å². The second-order valence-electron chi connectivity index (χ2n) is 4.16. The molecule has 0 N–H and O–H groups in total. The normalized spacial score (nSPS) is 11.2. The van der Waals surface area contributed by atoms with E-state index in [2.05, 4.69) is 15.2 Å². The Hall–Kier alpha value is -2.17. The maximum absolute atomic E-state index is 4.64. The van der Waals surface area contributed by atoms with Gasteiger partial charge in [0.2, 0.25) is 0 Å². The maximum Gasteiger partial charge on any atom is 0.0950 e. The first kappa shape index (κ1) is 10.0. The molecule has 0 amide bonds. The van der Waals surface area contributed by atoms with Crippen molar-refractivity contribution >= 4 is 5.52 Å². The standard InChI is InChI=1S/C12H13N5/c1-8-11-4-5-13-17(11)9(2)12(15-8)10-6-14-16(3)7-10/h4-7H,1-3H3. The number of nitrogens with zero attached hydrogens (tertiary/aromatic N) is 5. The zero-order valence-corrected chi connectivity index (χ0v) is 10.0. The summed E-state index contributed by atoms with van der Waals surface area (Å²) >= 11 is 0. The van der Waals surface area contributed by atoms with Crippen molar-refractivity contribution in [2.45, 2.75) is 13.8 Å². The highest BCUT2D eigenvalue weighted by molar-refractivity contribution is 5.64. The number of hydrogen-bond donors (Lipinski definition) is 0. The molecule has 0 bridgehead atoms. The lowest BCUT2D eigenvalue weighted by molar-refractivity contribution is 0.768. The highest BCUT2D eigenvalue weighted by Crippen LogP contribution is 2.22. The fourth-order valence-corrected chi connectivity index (χ4v) is 2.07. The predicted molar refractivity (Wildman–Crippen MR) is 64.7 cm³/mol. The average Bonchev–Trinajstić information content (AvgIpc) is 2.91. The molecule has 0 aliphatic heterocycles. The lowest BCUT2D eigenvalue weighted by Gasteiger charge is -2.07. The molecule has 0 fully saturated rings. The lowest BCUT2D eigenvalue weighted by atomic mass is 10.2. The SMILES string of the molecule is Cc1nc(-c2cnn(C)c2)c(C)n2nccc12. The Morgan fingerprint density at radius 3 is 2.71 bits per heavy atom. The summed E-state index contributed by atoms with van der Waals surface area (Å²) in [6, 6.07) is 1.97. The molecular weight excluding hydrogens is 214 g/mol. The molecule has 0 spiro atoms. The first-order chi connectivity index (χ1) is 8.16. The molecule has 0 atom stereocenters. The number of hydrogen-bond acceptors (Lipinski definition) is 3. The largest absolute Gasteiger partial charge is 0.275 e. The molecule has 3 aromatic rings. The van der Waals surface area contributed by atoms with Gasteiger partial charge in [-0.2, -0.15) is 10.2 Å². The van der Waals surface area contributed by atoms with Crippen LogP contribution in [0.1, 0.15) is 11.4 Å². The monoisotopic (exact) mass is 227 g/mol. The first-order valence-electron chi connectivity index (χ1n) is 5.47. The molecule has 0 radical (unpaired) electrons. The molecule has 86 valence electrons. The summed E-state index contributed by atoms with van der Waals surface area (Å²) < 4.78 is 3.70. The fraction of sp³-hybridized carbons (Fsp3) is 0.250. The van der Waals surface area contributed by atoms with Crippen LogP contribution in [0, 0.1) is 13.8 Å². The molecule has 0 unspecified atom stereocenters. The van der Waals surface area contributed by atoms with Crippen LogP contribution < -0.4 is 0 Å². The van der Waals surface area contributed by atoms with E-state index in [-0.39, 0.29) is 0 Å². The van der Waals surface area contributed by atoms with Crippen molar-refractivity contribution in [2.24, 2.45) is 7.05 Å². The fourth-order valence-electron chi connectivity index (χ4n) is 2.07. The Balaban J connectivity index is 2.33. The van der Waals surface area contributed by atoms with Crippen LogP contribution in [0.5, 0.6) is 0 Å². The van der Waals surface area contributed by atoms with Gasteiger partial charge in [0.1, 0.15) is 0 Å². The first-order valence-corrected chi connectivity index (χ1v) is 5.47. The van der Waals surface area contributed by atoms with Crippen LogP contribution in [0.25, 0.3) is 16.8 Å². The summed E-state index contributed by atoms with van der Waals surface area (Å²) in [5, 5.41) is 8.50. The minimum Gasteiger partial charge on any atom is -0.275 e. The summed E-state index contributed by atoms with van der Waals surface area (Å²) in [7, 11) is 1.90. The van der Waals surface area contributed by atoms with Gasteiger partial charge in [0.15, 0.2) is 0 Å². The van der Waals surface area contributed by atoms with Gasteiger partial charge in [-0.05, 0) is 19.9 Å². The van der Waals surface area contributed by atoms with Crippen LogP contribution in [-0.2, 0) is 7.05 Å². The number of aromatic nitrogens is 5. The topological polar surface area (TPSA) is 48.0 Å². The molecule has 5 nitrogen and oxygen atoms in total. The van der Waals surface area contributed by atoms with E-state index in [9.17, 15) is 0 Å². The number of aryl methyl sites for hydroxylation is 3. The van der Waals surface area contributed by atoms with Gasteiger partial charge in [-0.1, -0.05) is 0 Å². The molecule has 3 aromatic heterocycles. The smallest absolute Gasteiger partial charge is 0.0950 e. The quantitative estimate of drug-likeness (QED) is 0.636. The number of fused-ring (bicyclic) bond motifs is 1. The van der Waals surface area contributed by atoms with E-state index in [0.717, 1.165) is 28.2 Å². The average molecular weight is 227 g/mol. The van der Waals surface area contributed by atoms with Crippen molar-refractivity contribution in [2.75, 3.05) is 0 Å². The zero-order chi connectivity index (χ0) is 12.0. The Labute approximate surface area is 98.7 Å². The Bertz CT molecular complexity index is 692. The molecule has 0 aliphatic carbocycles. The van der Waals surface area contributed by atoms with E-state index in [1.165, 1.54) is 0 Å².